The fourth-order valence-electron chi connectivity index (χ4n) is 4.50. The molecular formula is C27H32N4O3. The maximum absolute atomic E-state index is 13.3. The van der Waals surface area contributed by atoms with Crippen molar-refractivity contribution in [3.63, 3.8) is 0 Å². The summed E-state index contributed by atoms with van der Waals surface area (Å²) in [4.78, 5) is 17.5. The van der Waals surface area contributed by atoms with E-state index in [1.165, 1.54) is 12.8 Å². The smallest absolute Gasteiger partial charge is 0.237 e. The van der Waals surface area contributed by atoms with Gasteiger partial charge in [-0.15, -0.1) is 0 Å². The first kappa shape index (κ1) is 22.6. The van der Waals surface area contributed by atoms with E-state index in [-0.39, 0.29) is 12.0 Å². The second-order valence-electron chi connectivity index (χ2n) is 9.33. The SMILES string of the molecule is COc1cccc(CN2C[C@@H](OCC3CC3)CN(Cc3cn[nH]c3-c3ccccc3)CC2=O)c1. The van der Waals surface area contributed by atoms with Gasteiger partial charge in [-0.2, -0.15) is 5.10 Å². The lowest BCUT2D eigenvalue weighted by Gasteiger charge is -2.25. The molecule has 0 bridgehead atoms. The number of aromatic nitrogens is 2. The fourth-order valence-corrected chi connectivity index (χ4v) is 4.50. The molecule has 178 valence electrons. The lowest BCUT2D eigenvalue weighted by Crippen LogP contribution is -2.37. The minimum Gasteiger partial charge on any atom is -0.497 e. The molecule has 1 aliphatic heterocycles. The maximum Gasteiger partial charge on any atom is 0.237 e. The Kier molecular flexibility index (Phi) is 6.92. The molecule has 1 aromatic heterocycles. The molecule has 1 aliphatic carbocycles. The van der Waals surface area contributed by atoms with Crippen molar-refractivity contribution in [1.29, 1.82) is 0 Å². The van der Waals surface area contributed by atoms with Crippen molar-refractivity contribution in [1.82, 2.24) is 20.0 Å². The maximum atomic E-state index is 13.3. The molecule has 1 saturated carbocycles. The average molecular weight is 461 g/mol. The van der Waals surface area contributed by atoms with Crippen LogP contribution in [0.5, 0.6) is 5.75 Å². The van der Waals surface area contributed by atoms with E-state index in [0.29, 0.717) is 38.6 Å². The standard InChI is InChI=1S/C27H32N4O3/c1-33-24-9-5-6-21(12-24)14-31-17-25(34-19-20-10-11-20)16-30(18-26(31)32)15-23-13-28-29-27(23)22-7-3-2-4-8-22/h2-9,12-13,20,25H,10-11,14-19H2,1H3,(H,28,29)/t25-/m0/s1. The lowest BCUT2D eigenvalue weighted by molar-refractivity contribution is -0.132. The number of nitrogens with zero attached hydrogens (tertiary/aromatic N) is 3. The Morgan fingerprint density at radius 3 is 2.71 bits per heavy atom. The second kappa shape index (κ2) is 10.4. The minimum absolute atomic E-state index is 0.0234. The van der Waals surface area contributed by atoms with Crippen LogP contribution in [0, 0.1) is 5.92 Å². The van der Waals surface area contributed by atoms with E-state index < -0.39 is 0 Å². The molecule has 3 aromatic rings. The van der Waals surface area contributed by atoms with Crippen molar-refractivity contribution < 1.29 is 14.3 Å². The molecule has 0 radical (unpaired) electrons. The van der Waals surface area contributed by atoms with Crippen molar-refractivity contribution in [2.24, 2.45) is 5.92 Å². The highest BCUT2D eigenvalue weighted by atomic mass is 16.5. The largest absolute Gasteiger partial charge is 0.497 e. The van der Waals surface area contributed by atoms with Gasteiger partial charge in [0.1, 0.15) is 5.75 Å². The van der Waals surface area contributed by atoms with Crippen LogP contribution in [0.25, 0.3) is 11.3 Å². The highest BCUT2D eigenvalue weighted by molar-refractivity contribution is 5.78. The van der Waals surface area contributed by atoms with Gasteiger partial charge in [0.2, 0.25) is 5.91 Å². The zero-order valence-corrected chi connectivity index (χ0v) is 19.7. The van der Waals surface area contributed by atoms with Crippen LogP contribution in [0.4, 0.5) is 0 Å². The van der Waals surface area contributed by atoms with E-state index in [0.717, 1.165) is 34.7 Å². The summed E-state index contributed by atoms with van der Waals surface area (Å²) >= 11 is 0. The zero-order chi connectivity index (χ0) is 23.3. The first-order valence-electron chi connectivity index (χ1n) is 12.0. The van der Waals surface area contributed by atoms with E-state index in [4.69, 9.17) is 9.47 Å². The summed E-state index contributed by atoms with van der Waals surface area (Å²) in [7, 11) is 1.66. The van der Waals surface area contributed by atoms with Gasteiger partial charge in [-0.25, -0.2) is 0 Å². The van der Waals surface area contributed by atoms with Gasteiger partial charge in [0.05, 0.1) is 31.6 Å². The van der Waals surface area contributed by atoms with Crippen LogP contribution in [0.3, 0.4) is 0 Å². The number of hydrogen-bond acceptors (Lipinski definition) is 5. The van der Waals surface area contributed by atoms with Gasteiger partial charge in [0.15, 0.2) is 0 Å². The Labute approximate surface area is 200 Å². The number of ether oxygens (including phenoxy) is 2. The lowest BCUT2D eigenvalue weighted by atomic mass is 10.1. The number of rotatable bonds is 9. The van der Waals surface area contributed by atoms with Crippen LogP contribution in [-0.4, -0.2) is 65.4 Å². The van der Waals surface area contributed by atoms with Gasteiger partial charge < -0.3 is 14.4 Å². The molecule has 0 unspecified atom stereocenters. The Bertz CT molecular complexity index is 1100. The van der Waals surface area contributed by atoms with Gasteiger partial charge in [0.25, 0.3) is 0 Å². The summed E-state index contributed by atoms with van der Waals surface area (Å²) in [5.41, 5.74) is 4.24. The molecular weight excluding hydrogens is 428 g/mol. The monoisotopic (exact) mass is 460 g/mol. The van der Waals surface area contributed by atoms with Crippen LogP contribution < -0.4 is 4.74 Å². The molecule has 2 heterocycles. The molecule has 5 rings (SSSR count). The van der Waals surface area contributed by atoms with Gasteiger partial charge in [-0.05, 0) is 42.0 Å². The summed E-state index contributed by atoms with van der Waals surface area (Å²) in [6.07, 6.45) is 4.34. The Balaban J connectivity index is 1.32. The summed E-state index contributed by atoms with van der Waals surface area (Å²) in [5.74, 6) is 1.60. The molecule has 1 N–H and O–H groups in total. The number of hydrogen-bond donors (Lipinski definition) is 1. The average Bonchev–Trinajstić information content (AvgIpc) is 3.60. The molecule has 1 atom stereocenters. The van der Waals surface area contributed by atoms with Crippen molar-refractivity contribution >= 4 is 5.91 Å². The number of nitrogens with one attached hydrogen (secondary N) is 1. The third-order valence-corrected chi connectivity index (χ3v) is 6.54. The third-order valence-electron chi connectivity index (χ3n) is 6.54. The van der Waals surface area contributed by atoms with Gasteiger partial charge in [-0.1, -0.05) is 42.5 Å². The predicted molar refractivity (Wildman–Crippen MR) is 130 cm³/mol. The van der Waals surface area contributed by atoms with Crippen LogP contribution in [0.15, 0.2) is 60.8 Å². The molecule has 7 heteroatoms. The topological polar surface area (TPSA) is 70.7 Å². The van der Waals surface area contributed by atoms with E-state index in [1.807, 2.05) is 53.6 Å². The molecule has 2 aromatic carbocycles. The van der Waals surface area contributed by atoms with Crippen molar-refractivity contribution in [2.45, 2.75) is 32.0 Å². The number of carbonyl (C=O) groups is 1. The predicted octanol–water partition coefficient (Wildman–Crippen LogP) is 3.72. The number of H-pyrrole nitrogens is 1. The number of amides is 1. The van der Waals surface area contributed by atoms with Crippen molar-refractivity contribution in [3.8, 4) is 17.0 Å². The Morgan fingerprint density at radius 1 is 1.06 bits per heavy atom. The first-order valence-corrected chi connectivity index (χ1v) is 12.0. The summed E-state index contributed by atoms with van der Waals surface area (Å²) in [6.45, 7) is 3.63. The molecule has 2 fully saturated rings. The van der Waals surface area contributed by atoms with Gasteiger partial charge in [0, 0.05) is 38.3 Å². The van der Waals surface area contributed by atoms with Crippen LogP contribution in [-0.2, 0) is 22.6 Å². The highest BCUT2D eigenvalue weighted by Crippen LogP contribution is 2.30. The fraction of sp³-hybridized carbons (Fsp3) is 0.407. The van der Waals surface area contributed by atoms with Crippen LogP contribution in [0.2, 0.25) is 0 Å². The summed E-state index contributed by atoms with van der Waals surface area (Å²) in [5, 5.41) is 7.43. The van der Waals surface area contributed by atoms with E-state index in [9.17, 15) is 4.79 Å². The van der Waals surface area contributed by atoms with Crippen LogP contribution in [0.1, 0.15) is 24.0 Å². The molecule has 34 heavy (non-hydrogen) atoms. The van der Waals surface area contributed by atoms with Crippen molar-refractivity contribution in [2.75, 3.05) is 33.4 Å². The molecule has 0 spiro atoms. The number of methoxy groups -OCH3 is 1. The summed E-state index contributed by atoms with van der Waals surface area (Å²) in [6, 6.07) is 18.1. The molecule has 1 saturated heterocycles. The molecule has 1 amide bonds. The van der Waals surface area contributed by atoms with E-state index in [1.54, 1.807) is 7.11 Å². The minimum atomic E-state index is -0.0234. The highest BCUT2D eigenvalue weighted by Gasteiger charge is 2.31. The van der Waals surface area contributed by atoms with Gasteiger partial charge >= 0.3 is 0 Å². The zero-order valence-electron chi connectivity index (χ0n) is 19.7. The molecule has 2 aliphatic rings. The first-order chi connectivity index (χ1) is 16.7. The summed E-state index contributed by atoms with van der Waals surface area (Å²) < 4.78 is 11.7. The third kappa shape index (κ3) is 5.66. The quantitative estimate of drug-likeness (QED) is 0.527. The number of carbonyl (C=O) groups excluding carboxylic acids is 1. The van der Waals surface area contributed by atoms with E-state index in [2.05, 4.69) is 27.2 Å². The number of aromatic amines is 1. The second-order valence-corrected chi connectivity index (χ2v) is 9.33. The van der Waals surface area contributed by atoms with Gasteiger partial charge in [-0.3, -0.25) is 14.8 Å². The van der Waals surface area contributed by atoms with Crippen LogP contribution >= 0.6 is 0 Å². The van der Waals surface area contributed by atoms with E-state index >= 15 is 0 Å². The number of benzene rings is 2. The van der Waals surface area contributed by atoms with Crippen molar-refractivity contribution in [3.05, 3.63) is 71.9 Å². The normalized spacial score (nSPS) is 19.3. The Hall–Kier alpha value is -3.16. The Morgan fingerprint density at radius 2 is 1.91 bits per heavy atom. The molecule has 7 nitrogen and oxygen atoms in total.